The number of furan rings is 1. The van der Waals surface area contributed by atoms with Gasteiger partial charge in [0.25, 0.3) is 5.91 Å². The number of hydrogen-bond acceptors (Lipinski definition) is 3. The van der Waals surface area contributed by atoms with E-state index in [1.165, 1.54) is 0 Å². The van der Waals surface area contributed by atoms with Crippen molar-refractivity contribution in [2.75, 3.05) is 19.6 Å². The van der Waals surface area contributed by atoms with Gasteiger partial charge in [0, 0.05) is 13.0 Å². The fraction of sp³-hybridized carbons (Fsp3) is 0.583. The number of aryl methyl sites for hydroxylation is 1. The maximum absolute atomic E-state index is 11.9. The van der Waals surface area contributed by atoms with E-state index in [9.17, 15) is 4.79 Å². The molecule has 2 heterocycles. The molecule has 1 unspecified atom stereocenters. The van der Waals surface area contributed by atoms with Crippen LogP contribution < -0.4 is 10.6 Å². The molecule has 1 aliphatic rings. The third kappa shape index (κ3) is 2.44. The third-order valence-electron chi connectivity index (χ3n) is 3.02. The van der Waals surface area contributed by atoms with Gasteiger partial charge in [-0.05, 0) is 31.5 Å². The molecule has 4 heteroatoms. The Balaban J connectivity index is 1.87. The molecule has 1 atom stereocenters. The topological polar surface area (TPSA) is 54.3 Å². The molecule has 0 saturated carbocycles. The Kier molecular flexibility index (Phi) is 3.62. The third-order valence-corrected chi connectivity index (χ3v) is 3.02. The second-order valence-electron chi connectivity index (χ2n) is 4.18. The first kappa shape index (κ1) is 11.2. The molecule has 0 spiro atoms. The van der Waals surface area contributed by atoms with Crippen molar-refractivity contribution in [2.45, 2.75) is 19.8 Å². The van der Waals surface area contributed by atoms with Crippen LogP contribution in [0, 0.1) is 5.92 Å². The predicted molar refractivity (Wildman–Crippen MR) is 61.4 cm³/mol. The van der Waals surface area contributed by atoms with Gasteiger partial charge in [-0.1, -0.05) is 6.92 Å². The second-order valence-corrected chi connectivity index (χ2v) is 4.18. The van der Waals surface area contributed by atoms with E-state index in [1.54, 1.807) is 12.3 Å². The first-order valence-corrected chi connectivity index (χ1v) is 5.86. The lowest BCUT2D eigenvalue weighted by Gasteiger charge is -2.09. The number of carbonyl (C=O) groups excluding carboxylic acids is 1. The van der Waals surface area contributed by atoms with Gasteiger partial charge in [-0.25, -0.2) is 0 Å². The monoisotopic (exact) mass is 222 g/mol. The smallest absolute Gasteiger partial charge is 0.254 e. The van der Waals surface area contributed by atoms with Gasteiger partial charge in [0.2, 0.25) is 0 Å². The van der Waals surface area contributed by atoms with Crippen LogP contribution in [0.25, 0.3) is 0 Å². The molecule has 1 saturated heterocycles. The molecule has 0 radical (unpaired) electrons. The normalized spacial score (nSPS) is 19.9. The molecule has 2 rings (SSSR count). The zero-order valence-electron chi connectivity index (χ0n) is 9.58. The van der Waals surface area contributed by atoms with Crippen LogP contribution >= 0.6 is 0 Å². The van der Waals surface area contributed by atoms with Gasteiger partial charge in [-0.3, -0.25) is 4.79 Å². The molecule has 16 heavy (non-hydrogen) atoms. The average molecular weight is 222 g/mol. The summed E-state index contributed by atoms with van der Waals surface area (Å²) < 4.78 is 5.23. The van der Waals surface area contributed by atoms with Gasteiger partial charge in [0.05, 0.1) is 11.8 Å². The summed E-state index contributed by atoms with van der Waals surface area (Å²) in [6.07, 6.45) is 3.47. The number of hydrogen-bond donors (Lipinski definition) is 2. The summed E-state index contributed by atoms with van der Waals surface area (Å²) in [5.74, 6) is 1.32. The minimum atomic E-state index is -0.0162. The van der Waals surface area contributed by atoms with E-state index < -0.39 is 0 Å². The Labute approximate surface area is 95.4 Å². The lowest BCUT2D eigenvalue weighted by molar-refractivity contribution is 0.0946. The molecule has 2 N–H and O–H groups in total. The Bertz CT molecular complexity index is 354. The Morgan fingerprint density at radius 3 is 3.25 bits per heavy atom. The van der Waals surface area contributed by atoms with E-state index >= 15 is 0 Å². The van der Waals surface area contributed by atoms with Crippen molar-refractivity contribution in [3.8, 4) is 0 Å². The summed E-state index contributed by atoms with van der Waals surface area (Å²) in [6.45, 7) is 4.80. The minimum absolute atomic E-state index is 0.0162. The number of rotatable bonds is 4. The van der Waals surface area contributed by atoms with Gasteiger partial charge >= 0.3 is 0 Å². The van der Waals surface area contributed by atoms with Crippen LogP contribution in [0.2, 0.25) is 0 Å². The van der Waals surface area contributed by atoms with E-state index in [0.717, 1.165) is 38.2 Å². The van der Waals surface area contributed by atoms with Crippen molar-refractivity contribution in [1.29, 1.82) is 0 Å². The maximum atomic E-state index is 11.9. The first-order valence-electron chi connectivity index (χ1n) is 5.86. The van der Waals surface area contributed by atoms with Crippen molar-refractivity contribution >= 4 is 5.91 Å². The van der Waals surface area contributed by atoms with E-state index in [4.69, 9.17) is 4.42 Å². The zero-order chi connectivity index (χ0) is 11.4. The number of amides is 1. The van der Waals surface area contributed by atoms with Gasteiger partial charge in [-0.2, -0.15) is 0 Å². The fourth-order valence-corrected chi connectivity index (χ4v) is 2.04. The van der Waals surface area contributed by atoms with Crippen LogP contribution in [0.4, 0.5) is 0 Å². The van der Waals surface area contributed by atoms with Crippen LogP contribution in [-0.4, -0.2) is 25.5 Å². The molecule has 0 aromatic carbocycles. The van der Waals surface area contributed by atoms with Crippen LogP contribution in [0.5, 0.6) is 0 Å². The van der Waals surface area contributed by atoms with Crippen LogP contribution in [0.15, 0.2) is 16.7 Å². The van der Waals surface area contributed by atoms with Gasteiger partial charge in [0.15, 0.2) is 0 Å². The number of carbonyl (C=O) groups is 1. The molecule has 1 aromatic rings. The standard InChI is InChI=1S/C12H18N2O2/c1-2-11-10(4-6-16-11)12(15)14-8-9-3-5-13-7-9/h4,6,9,13H,2-3,5,7-8H2,1H3,(H,14,15). The van der Waals surface area contributed by atoms with Gasteiger partial charge < -0.3 is 15.1 Å². The van der Waals surface area contributed by atoms with E-state index in [-0.39, 0.29) is 5.91 Å². The van der Waals surface area contributed by atoms with Crippen LogP contribution in [0.3, 0.4) is 0 Å². The predicted octanol–water partition coefficient (Wildman–Crippen LogP) is 1.18. The average Bonchev–Trinajstić information content (AvgIpc) is 2.96. The maximum Gasteiger partial charge on any atom is 0.254 e. The van der Waals surface area contributed by atoms with Crippen molar-refractivity contribution in [3.63, 3.8) is 0 Å². The zero-order valence-corrected chi connectivity index (χ0v) is 9.58. The van der Waals surface area contributed by atoms with Crippen molar-refractivity contribution in [1.82, 2.24) is 10.6 Å². The lowest BCUT2D eigenvalue weighted by atomic mass is 10.1. The van der Waals surface area contributed by atoms with E-state index in [1.807, 2.05) is 6.92 Å². The molecular formula is C12H18N2O2. The van der Waals surface area contributed by atoms with Crippen molar-refractivity contribution < 1.29 is 9.21 Å². The summed E-state index contributed by atoms with van der Waals surface area (Å²) in [6, 6.07) is 1.74. The van der Waals surface area contributed by atoms with Gasteiger partial charge in [-0.15, -0.1) is 0 Å². The van der Waals surface area contributed by atoms with Crippen LogP contribution in [0.1, 0.15) is 29.5 Å². The fourth-order valence-electron chi connectivity index (χ4n) is 2.04. The van der Waals surface area contributed by atoms with Crippen LogP contribution in [-0.2, 0) is 6.42 Å². The SMILES string of the molecule is CCc1occc1C(=O)NCC1CCNC1. The summed E-state index contributed by atoms with van der Waals surface area (Å²) >= 11 is 0. The summed E-state index contributed by atoms with van der Waals surface area (Å²) in [5, 5.41) is 6.25. The minimum Gasteiger partial charge on any atom is -0.469 e. The molecular weight excluding hydrogens is 204 g/mol. The quantitative estimate of drug-likeness (QED) is 0.804. The molecule has 0 aliphatic carbocycles. The van der Waals surface area contributed by atoms with E-state index in [2.05, 4.69) is 10.6 Å². The molecule has 1 aromatic heterocycles. The second kappa shape index (κ2) is 5.16. The highest BCUT2D eigenvalue weighted by Gasteiger charge is 2.17. The lowest BCUT2D eigenvalue weighted by Crippen LogP contribution is -2.30. The highest BCUT2D eigenvalue weighted by atomic mass is 16.3. The molecule has 4 nitrogen and oxygen atoms in total. The van der Waals surface area contributed by atoms with Crippen molar-refractivity contribution in [2.24, 2.45) is 5.92 Å². The Morgan fingerprint density at radius 1 is 1.69 bits per heavy atom. The Morgan fingerprint density at radius 2 is 2.56 bits per heavy atom. The van der Waals surface area contributed by atoms with Crippen molar-refractivity contribution in [3.05, 3.63) is 23.7 Å². The summed E-state index contributed by atoms with van der Waals surface area (Å²) in [4.78, 5) is 11.9. The highest BCUT2D eigenvalue weighted by Crippen LogP contribution is 2.11. The van der Waals surface area contributed by atoms with Gasteiger partial charge in [0.1, 0.15) is 5.76 Å². The summed E-state index contributed by atoms with van der Waals surface area (Å²) in [7, 11) is 0. The van der Waals surface area contributed by atoms with E-state index in [0.29, 0.717) is 11.5 Å². The molecule has 0 bridgehead atoms. The molecule has 1 aliphatic heterocycles. The Hall–Kier alpha value is -1.29. The molecule has 1 amide bonds. The molecule has 88 valence electrons. The first-order chi connectivity index (χ1) is 7.81. The largest absolute Gasteiger partial charge is 0.469 e. The highest BCUT2D eigenvalue weighted by molar-refractivity contribution is 5.95. The molecule has 1 fully saturated rings. The number of nitrogens with one attached hydrogen (secondary N) is 2. The summed E-state index contributed by atoms with van der Waals surface area (Å²) in [5.41, 5.74) is 0.674.